The Bertz CT molecular complexity index is 1900. The molecule has 0 saturated heterocycles. The number of carbonyl (C=O) groups excluding carboxylic acids is 1. The highest BCUT2D eigenvalue weighted by molar-refractivity contribution is 6.14. The lowest BCUT2D eigenvalue weighted by atomic mass is 9.76. The summed E-state index contributed by atoms with van der Waals surface area (Å²) < 4.78 is 54.7. The molecular weight excluding hydrogens is 604 g/mol. The fourth-order valence-corrected chi connectivity index (χ4v) is 6.07. The number of methoxy groups -OCH3 is 7. The number of Topliss-reactive ketones (excluding diaryl/α,β-unsaturated/α-hetero) is 1. The summed E-state index contributed by atoms with van der Waals surface area (Å²) in [7, 11) is 10.5. The van der Waals surface area contributed by atoms with Crippen LogP contribution in [0.4, 0.5) is 0 Å². The number of fused-ring (bicyclic) bond motifs is 3. The number of rotatable bonds is 10. The molecule has 0 N–H and O–H groups in total. The maximum atomic E-state index is 14.8. The van der Waals surface area contributed by atoms with Gasteiger partial charge in [0.25, 0.3) is 0 Å². The van der Waals surface area contributed by atoms with Crippen LogP contribution in [0, 0.1) is 0 Å². The fraction of sp³-hybridized carbons (Fsp3) is 0.216. The Labute approximate surface area is 272 Å². The smallest absolute Gasteiger partial charge is 0.211 e. The van der Waals surface area contributed by atoms with E-state index in [0.29, 0.717) is 45.3 Å². The molecule has 4 aromatic carbocycles. The Hall–Kier alpha value is -5.77. The van der Waals surface area contributed by atoms with E-state index in [1.807, 2.05) is 36.4 Å². The van der Waals surface area contributed by atoms with Crippen LogP contribution < -0.4 is 42.6 Å². The van der Waals surface area contributed by atoms with Gasteiger partial charge in [-0.2, -0.15) is 0 Å². The van der Waals surface area contributed by atoms with E-state index in [9.17, 15) is 4.79 Å². The van der Waals surface area contributed by atoms with Crippen molar-refractivity contribution in [2.45, 2.75) is 5.60 Å². The molecule has 0 amide bonds. The molecule has 6 rings (SSSR count). The minimum atomic E-state index is -1.72. The van der Waals surface area contributed by atoms with Gasteiger partial charge in [0.2, 0.25) is 23.0 Å². The quantitative estimate of drug-likeness (QED) is 0.174. The minimum Gasteiger partial charge on any atom is -0.496 e. The van der Waals surface area contributed by atoms with E-state index < -0.39 is 5.60 Å². The molecule has 4 aromatic rings. The monoisotopic (exact) mass is 638 g/mol. The zero-order valence-corrected chi connectivity index (χ0v) is 27.1. The Morgan fingerprint density at radius 2 is 1.19 bits per heavy atom. The van der Waals surface area contributed by atoms with Crippen LogP contribution in [0.3, 0.4) is 0 Å². The van der Waals surface area contributed by atoms with Gasteiger partial charge in [-0.25, -0.2) is 0 Å². The summed E-state index contributed by atoms with van der Waals surface area (Å²) in [6.45, 7) is 0. The van der Waals surface area contributed by atoms with Gasteiger partial charge >= 0.3 is 0 Å². The summed E-state index contributed by atoms with van der Waals surface area (Å²) in [5, 5.41) is 0. The molecule has 0 fully saturated rings. The first-order chi connectivity index (χ1) is 22.9. The van der Waals surface area contributed by atoms with Crippen molar-refractivity contribution in [3.05, 3.63) is 101 Å². The minimum absolute atomic E-state index is 0.201. The molecule has 2 aliphatic heterocycles. The van der Waals surface area contributed by atoms with Crippen molar-refractivity contribution in [1.29, 1.82) is 0 Å². The first kappa shape index (κ1) is 31.2. The Morgan fingerprint density at radius 1 is 0.617 bits per heavy atom. The number of ether oxygens (including phenoxy) is 9. The zero-order valence-electron chi connectivity index (χ0n) is 27.1. The van der Waals surface area contributed by atoms with Crippen LogP contribution >= 0.6 is 0 Å². The molecule has 2 heterocycles. The van der Waals surface area contributed by atoms with Crippen LogP contribution in [-0.4, -0.2) is 55.6 Å². The predicted octanol–water partition coefficient (Wildman–Crippen LogP) is 6.73. The van der Waals surface area contributed by atoms with E-state index >= 15 is 0 Å². The van der Waals surface area contributed by atoms with Crippen molar-refractivity contribution in [2.75, 3.05) is 49.8 Å². The van der Waals surface area contributed by atoms with Crippen LogP contribution in [0.2, 0.25) is 0 Å². The van der Waals surface area contributed by atoms with E-state index in [4.69, 9.17) is 42.6 Å². The zero-order chi connectivity index (χ0) is 33.3. The maximum absolute atomic E-state index is 14.8. The topological polar surface area (TPSA) is 100 Å². The molecule has 1 atom stereocenters. The SMILES string of the molecule is COc1cc(OC)c(OC)c2c1C=C(C(=O)c1ccccc1)[C@]1(C=C(c3ccccc3)Oc3c(OC)c(OC)c(OC)c(OC)c31)O2. The van der Waals surface area contributed by atoms with Crippen molar-refractivity contribution in [2.24, 2.45) is 0 Å². The second kappa shape index (κ2) is 12.6. The molecule has 0 aliphatic carbocycles. The van der Waals surface area contributed by atoms with Crippen LogP contribution in [-0.2, 0) is 5.60 Å². The van der Waals surface area contributed by atoms with Gasteiger partial charge < -0.3 is 42.6 Å². The summed E-state index contributed by atoms with van der Waals surface area (Å²) in [5.74, 6) is 2.43. The van der Waals surface area contributed by atoms with Crippen LogP contribution in [0.5, 0.6) is 51.7 Å². The Kier molecular flexibility index (Phi) is 8.34. The number of hydrogen-bond donors (Lipinski definition) is 0. The van der Waals surface area contributed by atoms with Gasteiger partial charge in [0.15, 0.2) is 34.4 Å². The Morgan fingerprint density at radius 3 is 1.77 bits per heavy atom. The number of hydrogen-bond acceptors (Lipinski definition) is 10. The lowest BCUT2D eigenvalue weighted by Crippen LogP contribution is -2.42. The summed E-state index contributed by atoms with van der Waals surface area (Å²) in [6.07, 6.45) is 3.49. The molecule has 47 heavy (non-hydrogen) atoms. The van der Waals surface area contributed by atoms with Gasteiger partial charge in [-0.05, 0) is 6.08 Å². The predicted molar refractivity (Wildman–Crippen MR) is 175 cm³/mol. The molecule has 0 aromatic heterocycles. The van der Waals surface area contributed by atoms with Crippen molar-refractivity contribution < 1.29 is 47.4 Å². The van der Waals surface area contributed by atoms with Crippen molar-refractivity contribution in [3.8, 4) is 51.7 Å². The highest BCUT2D eigenvalue weighted by atomic mass is 16.6. The molecule has 2 aliphatic rings. The average Bonchev–Trinajstić information content (AvgIpc) is 3.12. The average molecular weight is 639 g/mol. The molecule has 1 spiro atoms. The first-order valence-electron chi connectivity index (χ1n) is 14.6. The van der Waals surface area contributed by atoms with Crippen molar-refractivity contribution in [1.82, 2.24) is 0 Å². The molecule has 10 heteroatoms. The molecular formula is C37H34O10. The molecule has 10 nitrogen and oxygen atoms in total. The molecule has 0 bridgehead atoms. The standard InChI is InChI=1S/C37H34O10/c1-39-25-19-26(40-2)31(41-3)30-23(25)18-24(29(38)22-16-12-9-13-17-22)37(47-30)20-27(21-14-10-8-11-15-21)46-33-28(37)32(42-4)34(43-5)36(45-7)35(33)44-6/h8-20H,1-7H3/t37-/m0/s1. The van der Waals surface area contributed by atoms with Crippen LogP contribution in [0.15, 0.2) is 78.4 Å². The number of benzene rings is 4. The third-order valence-corrected chi connectivity index (χ3v) is 8.15. The van der Waals surface area contributed by atoms with Gasteiger partial charge in [0.05, 0.1) is 66.5 Å². The first-order valence-corrected chi connectivity index (χ1v) is 14.6. The highest BCUT2D eigenvalue weighted by Gasteiger charge is 2.54. The van der Waals surface area contributed by atoms with Gasteiger partial charge in [-0.1, -0.05) is 60.7 Å². The normalized spacial score (nSPS) is 15.9. The van der Waals surface area contributed by atoms with Crippen molar-refractivity contribution >= 4 is 17.6 Å². The van der Waals surface area contributed by atoms with Gasteiger partial charge in [-0.3, -0.25) is 4.79 Å². The van der Waals surface area contributed by atoms with Crippen LogP contribution in [0.1, 0.15) is 27.0 Å². The van der Waals surface area contributed by atoms with E-state index in [1.165, 1.54) is 49.8 Å². The van der Waals surface area contributed by atoms with Gasteiger partial charge in [0.1, 0.15) is 11.5 Å². The third kappa shape index (κ3) is 4.84. The number of ketones is 1. The van der Waals surface area contributed by atoms with Gasteiger partial charge in [0, 0.05) is 23.3 Å². The van der Waals surface area contributed by atoms with E-state index in [1.54, 1.807) is 42.5 Å². The molecule has 242 valence electrons. The summed E-state index contributed by atoms with van der Waals surface area (Å²) in [4.78, 5) is 14.8. The fourth-order valence-electron chi connectivity index (χ4n) is 6.07. The second-order valence-corrected chi connectivity index (χ2v) is 10.5. The second-order valence-electron chi connectivity index (χ2n) is 10.5. The van der Waals surface area contributed by atoms with Crippen molar-refractivity contribution in [3.63, 3.8) is 0 Å². The lowest BCUT2D eigenvalue weighted by Gasteiger charge is -2.42. The summed E-state index contributed by atoms with van der Waals surface area (Å²) in [6, 6.07) is 20.1. The maximum Gasteiger partial charge on any atom is 0.211 e. The lowest BCUT2D eigenvalue weighted by molar-refractivity contribution is 0.0907. The van der Waals surface area contributed by atoms with E-state index in [2.05, 4.69) is 0 Å². The van der Waals surface area contributed by atoms with E-state index in [0.717, 1.165) is 0 Å². The van der Waals surface area contributed by atoms with Crippen LogP contribution in [0.25, 0.3) is 11.8 Å². The summed E-state index contributed by atoms with van der Waals surface area (Å²) >= 11 is 0. The Balaban J connectivity index is 1.82. The van der Waals surface area contributed by atoms with E-state index in [-0.39, 0.29) is 45.9 Å². The third-order valence-electron chi connectivity index (χ3n) is 8.15. The van der Waals surface area contributed by atoms with Gasteiger partial charge in [-0.15, -0.1) is 0 Å². The number of carbonyl (C=O) groups is 1. The molecule has 0 radical (unpaired) electrons. The highest BCUT2D eigenvalue weighted by Crippen LogP contribution is 2.64. The molecule has 0 saturated carbocycles. The summed E-state index contributed by atoms with van der Waals surface area (Å²) in [5.41, 5.74) is 0.431. The largest absolute Gasteiger partial charge is 0.496 e. The molecule has 0 unspecified atom stereocenters.